The number of nitrogens with zero attached hydrogens (tertiary/aromatic N) is 3. The van der Waals surface area contributed by atoms with E-state index in [0.717, 1.165) is 16.0 Å². The van der Waals surface area contributed by atoms with Gasteiger partial charge in [0.15, 0.2) is 5.76 Å². The summed E-state index contributed by atoms with van der Waals surface area (Å²) in [6, 6.07) is 9.35. The maximum atomic E-state index is 12.4. The summed E-state index contributed by atoms with van der Waals surface area (Å²) in [5, 5.41) is 6.75. The number of aromatic nitrogens is 1. The first-order valence-electron chi connectivity index (χ1n) is 8.81. The second kappa shape index (κ2) is 6.53. The van der Waals surface area contributed by atoms with Crippen LogP contribution in [0.1, 0.15) is 11.3 Å². The Hall–Kier alpha value is -3.16. The normalized spacial score (nSPS) is 21.7. The van der Waals surface area contributed by atoms with Gasteiger partial charge in [-0.3, -0.25) is 14.5 Å². The third-order valence-electron chi connectivity index (χ3n) is 5.22. The monoisotopic (exact) mass is 368 g/mol. The number of likely N-dealkylation sites (tertiary alicyclic amines) is 2. The maximum absolute atomic E-state index is 12.4. The van der Waals surface area contributed by atoms with Crippen LogP contribution in [0.4, 0.5) is 4.79 Å². The Morgan fingerprint density at radius 2 is 1.81 bits per heavy atom. The van der Waals surface area contributed by atoms with Crippen molar-refractivity contribution in [1.82, 2.24) is 20.3 Å². The summed E-state index contributed by atoms with van der Waals surface area (Å²) >= 11 is 0. The molecule has 0 bridgehead atoms. The molecule has 2 aromatic rings. The van der Waals surface area contributed by atoms with Crippen LogP contribution in [-0.2, 0) is 16.1 Å². The molecule has 27 heavy (non-hydrogen) atoms. The van der Waals surface area contributed by atoms with Gasteiger partial charge in [0.05, 0.1) is 18.4 Å². The molecule has 4 amide bonds. The largest absolute Gasteiger partial charge is 0.356 e. The highest BCUT2D eigenvalue weighted by Gasteiger charge is 2.51. The first-order chi connectivity index (χ1) is 12.9. The van der Waals surface area contributed by atoms with E-state index >= 15 is 0 Å². The number of aryl methyl sites for hydroxylation is 1. The Labute approximate surface area is 156 Å². The fourth-order valence-corrected chi connectivity index (χ4v) is 3.60. The van der Waals surface area contributed by atoms with Gasteiger partial charge < -0.3 is 14.7 Å². The number of imide groups is 1. The smallest absolute Gasteiger partial charge is 0.317 e. The highest BCUT2D eigenvalue weighted by Crippen LogP contribution is 2.32. The molecule has 8 nitrogen and oxygen atoms in total. The van der Waals surface area contributed by atoms with E-state index in [0.29, 0.717) is 11.5 Å². The molecule has 3 heterocycles. The van der Waals surface area contributed by atoms with Crippen LogP contribution in [0.3, 0.4) is 0 Å². The van der Waals surface area contributed by atoms with Gasteiger partial charge in [-0.05, 0) is 6.92 Å². The van der Waals surface area contributed by atoms with Crippen LogP contribution in [0.25, 0.3) is 11.3 Å². The van der Waals surface area contributed by atoms with E-state index < -0.39 is 11.8 Å². The van der Waals surface area contributed by atoms with Crippen molar-refractivity contribution in [3.8, 4) is 11.3 Å². The molecule has 1 aromatic heterocycles. The van der Waals surface area contributed by atoms with E-state index in [1.807, 2.05) is 31.2 Å². The van der Waals surface area contributed by atoms with Crippen molar-refractivity contribution >= 4 is 17.8 Å². The molecule has 2 saturated heterocycles. The fraction of sp³-hybridized carbons (Fsp3) is 0.368. The van der Waals surface area contributed by atoms with Gasteiger partial charge in [0.25, 0.3) is 0 Å². The quantitative estimate of drug-likeness (QED) is 0.827. The Morgan fingerprint density at radius 1 is 1.19 bits per heavy atom. The summed E-state index contributed by atoms with van der Waals surface area (Å²) in [4.78, 5) is 39.1. The predicted molar refractivity (Wildman–Crippen MR) is 95.2 cm³/mol. The van der Waals surface area contributed by atoms with E-state index in [1.54, 1.807) is 6.07 Å². The maximum Gasteiger partial charge on any atom is 0.317 e. The molecule has 2 aliphatic heterocycles. The van der Waals surface area contributed by atoms with Crippen molar-refractivity contribution in [2.45, 2.75) is 13.5 Å². The average molecular weight is 368 g/mol. The first kappa shape index (κ1) is 17.3. The minimum Gasteiger partial charge on any atom is -0.356 e. The van der Waals surface area contributed by atoms with E-state index in [-0.39, 0.29) is 37.5 Å². The van der Waals surface area contributed by atoms with Gasteiger partial charge in [0.1, 0.15) is 5.69 Å². The minimum atomic E-state index is -0.423. The number of benzene rings is 1. The molecule has 2 atom stereocenters. The summed E-state index contributed by atoms with van der Waals surface area (Å²) in [6.07, 6.45) is 0. The van der Waals surface area contributed by atoms with Gasteiger partial charge in [0.2, 0.25) is 11.8 Å². The van der Waals surface area contributed by atoms with E-state index in [9.17, 15) is 14.4 Å². The van der Waals surface area contributed by atoms with Gasteiger partial charge in [-0.2, -0.15) is 0 Å². The summed E-state index contributed by atoms with van der Waals surface area (Å²) in [5.41, 5.74) is 2.67. The molecule has 2 aliphatic rings. The molecule has 0 aliphatic carbocycles. The lowest BCUT2D eigenvalue weighted by atomic mass is 10.00. The highest BCUT2D eigenvalue weighted by atomic mass is 16.5. The zero-order valence-electron chi connectivity index (χ0n) is 15.1. The van der Waals surface area contributed by atoms with Crippen molar-refractivity contribution in [2.24, 2.45) is 11.8 Å². The molecule has 8 heteroatoms. The third kappa shape index (κ3) is 3.07. The number of hydrogen-bond donors (Lipinski definition) is 1. The number of amides is 4. The van der Waals surface area contributed by atoms with Crippen LogP contribution >= 0.6 is 0 Å². The van der Waals surface area contributed by atoms with Gasteiger partial charge in [-0.15, -0.1) is 0 Å². The van der Waals surface area contributed by atoms with Crippen molar-refractivity contribution in [2.75, 3.05) is 20.1 Å². The zero-order valence-corrected chi connectivity index (χ0v) is 15.1. The van der Waals surface area contributed by atoms with Crippen molar-refractivity contribution in [3.63, 3.8) is 0 Å². The standard InChI is InChI=1S/C19H20N4O4/c1-11-3-5-12(6-4-11)16-7-13(21-27-16)8-20-19(26)23-9-14-15(10-23)18(25)22(2)17(14)24/h3-7,14-15H,8-10H2,1-2H3,(H,20,26)/t14-,15+. The lowest BCUT2D eigenvalue weighted by Crippen LogP contribution is -2.41. The molecule has 2 fully saturated rings. The summed E-state index contributed by atoms with van der Waals surface area (Å²) in [6.45, 7) is 2.75. The van der Waals surface area contributed by atoms with Crippen molar-refractivity contribution < 1.29 is 18.9 Å². The number of rotatable bonds is 3. The van der Waals surface area contributed by atoms with Crippen molar-refractivity contribution in [1.29, 1.82) is 0 Å². The van der Waals surface area contributed by atoms with Crippen LogP contribution in [0.2, 0.25) is 0 Å². The Kier molecular flexibility index (Phi) is 4.18. The summed E-state index contributed by atoms with van der Waals surface area (Å²) in [7, 11) is 1.49. The molecule has 0 radical (unpaired) electrons. The Bertz CT molecular complexity index is 881. The van der Waals surface area contributed by atoms with Crippen LogP contribution in [0.5, 0.6) is 0 Å². The molecule has 0 unspecified atom stereocenters. The Balaban J connectivity index is 1.35. The number of hydrogen-bond acceptors (Lipinski definition) is 5. The summed E-state index contributed by atoms with van der Waals surface area (Å²) in [5.74, 6) is -0.629. The molecule has 1 aromatic carbocycles. The van der Waals surface area contributed by atoms with E-state index in [4.69, 9.17) is 4.52 Å². The highest BCUT2D eigenvalue weighted by molar-refractivity contribution is 6.06. The first-order valence-corrected chi connectivity index (χ1v) is 8.81. The molecular weight excluding hydrogens is 348 g/mol. The van der Waals surface area contributed by atoms with Gasteiger partial charge in [-0.25, -0.2) is 4.79 Å². The van der Waals surface area contributed by atoms with Crippen LogP contribution in [0, 0.1) is 18.8 Å². The number of urea groups is 1. The number of fused-ring (bicyclic) bond motifs is 1. The fourth-order valence-electron chi connectivity index (χ4n) is 3.60. The molecule has 4 rings (SSSR count). The topological polar surface area (TPSA) is 95.8 Å². The number of nitrogens with one attached hydrogen (secondary N) is 1. The second-order valence-corrected chi connectivity index (χ2v) is 7.06. The SMILES string of the molecule is Cc1ccc(-c2cc(CNC(=O)N3C[C@@H]4C(=O)N(C)C(=O)[C@@H]4C3)no2)cc1. The molecule has 140 valence electrons. The molecular formula is C19H20N4O4. The van der Waals surface area contributed by atoms with Crippen LogP contribution < -0.4 is 5.32 Å². The molecule has 1 N–H and O–H groups in total. The molecule has 0 spiro atoms. The zero-order chi connectivity index (χ0) is 19.1. The number of carbonyl (C=O) groups excluding carboxylic acids is 3. The summed E-state index contributed by atoms with van der Waals surface area (Å²) < 4.78 is 5.34. The average Bonchev–Trinajstić information content (AvgIpc) is 3.36. The van der Waals surface area contributed by atoms with E-state index in [1.165, 1.54) is 11.9 Å². The molecule has 0 saturated carbocycles. The predicted octanol–water partition coefficient (Wildman–Crippen LogP) is 1.41. The Morgan fingerprint density at radius 3 is 2.44 bits per heavy atom. The van der Waals surface area contributed by atoms with Crippen molar-refractivity contribution in [3.05, 3.63) is 41.6 Å². The minimum absolute atomic E-state index is 0.209. The van der Waals surface area contributed by atoms with Gasteiger partial charge in [0, 0.05) is 31.8 Å². The van der Waals surface area contributed by atoms with Crippen LogP contribution in [0.15, 0.2) is 34.9 Å². The van der Waals surface area contributed by atoms with Gasteiger partial charge in [-0.1, -0.05) is 35.0 Å². The van der Waals surface area contributed by atoms with Gasteiger partial charge >= 0.3 is 6.03 Å². The lowest BCUT2D eigenvalue weighted by molar-refractivity contribution is -0.138. The third-order valence-corrected chi connectivity index (χ3v) is 5.22. The second-order valence-electron chi connectivity index (χ2n) is 7.06. The van der Waals surface area contributed by atoms with Crippen LogP contribution in [-0.4, -0.2) is 52.9 Å². The lowest BCUT2D eigenvalue weighted by Gasteiger charge is -2.19. The van der Waals surface area contributed by atoms with E-state index in [2.05, 4.69) is 10.5 Å². The number of carbonyl (C=O) groups is 3.